The van der Waals surface area contributed by atoms with Gasteiger partial charge in [-0.3, -0.25) is 0 Å². The summed E-state index contributed by atoms with van der Waals surface area (Å²) in [7, 11) is 0. The number of rotatable bonds is 8. The highest BCUT2D eigenvalue weighted by Crippen LogP contribution is 2.24. The lowest BCUT2D eigenvalue weighted by molar-refractivity contribution is 0.302. The molecule has 0 unspecified atom stereocenters. The van der Waals surface area contributed by atoms with Gasteiger partial charge in [-0.1, -0.05) is 69.5 Å². The van der Waals surface area contributed by atoms with Crippen molar-refractivity contribution in [2.24, 2.45) is 0 Å². The van der Waals surface area contributed by atoms with Crippen molar-refractivity contribution >= 4 is 27.5 Å². The third kappa shape index (κ3) is 6.39. The first kappa shape index (κ1) is 19.9. The molecule has 0 saturated heterocycles. The molecule has 0 aromatic heterocycles. The molecule has 0 saturated carbocycles. The summed E-state index contributed by atoms with van der Waals surface area (Å²) in [5.74, 6) is 0.915. The number of nitrogens with one attached hydrogen (secondary N) is 1. The molecule has 0 aliphatic heterocycles. The largest absolute Gasteiger partial charge is 0.489 e. The first-order valence-electron chi connectivity index (χ1n) is 9.02. The van der Waals surface area contributed by atoms with E-state index < -0.39 is 0 Å². The van der Waals surface area contributed by atoms with Crippen molar-refractivity contribution in [3.8, 4) is 5.75 Å². The van der Waals surface area contributed by atoms with Crippen LogP contribution in [0, 0.1) is 6.92 Å². The summed E-state index contributed by atoms with van der Waals surface area (Å²) < 4.78 is 7.13. The van der Waals surface area contributed by atoms with Gasteiger partial charge >= 0.3 is 0 Å². The van der Waals surface area contributed by atoms with E-state index in [1.54, 1.807) is 0 Å². The second-order valence-corrected chi connectivity index (χ2v) is 7.93. The molecule has 2 nitrogen and oxygen atoms in total. The molecule has 0 radical (unpaired) electrons. The molecule has 0 spiro atoms. The van der Waals surface area contributed by atoms with Crippen LogP contribution >= 0.6 is 27.5 Å². The lowest BCUT2D eigenvalue weighted by Crippen LogP contribution is -2.17. The van der Waals surface area contributed by atoms with Crippen molar-refractivity contribution in [2.75, 3.05) is 6.54 Å². The van der Waals surface area contributed by atoms with Gasteiger partial charge in [0.25, 0.3) is 0 Å². The number of hydrogen-bond donors (Lipinski definition) is 1. The smallest absolute Gasteiger partial charge is 0.124 e. The molecular formula is C23H23BrClNO. The van der Waals surface area contributed by atoms with E-state index in [1.165, 1.54) is 16.7 Å². The molecule has 140 valence electrons. The summed E-state index contributed by atoms with van der Waals surface area (Å²) in [6.45, 7) is 4.31. The van der Waals surface area contributed by atoms with E-state index in [-0.39, 0.29) is 0 Å². The van der Waals surface area contributed by atoms with Crippen LogP contribution in [0.5, 0.6) is 5.75 Å². The molecule has 0 aliphatic carbocycles. The van der Waals surface area contributed by atoms with Crippen molar-refractivity contribution in [3.63, 3.8) is 0 Å². The summed E-state index contributed by atoms with van der Waals surface area (Å²) in [6.07, 6.45) is 0.963. The molecule has 0 atom stereocenters. The summed E-state index contributed by atoms with van der Waals surface area (Å²) in [5.41, 5.74) is 4.85. The molecule has 0 fully saturated rings. The Morgan fingerprint density at radius 3 is 2.37 bits per heavy atom. The van der Waals surface area contributed by atoms with Crippen LogP contribution in [0.15, 0.2) is 71.2 Å². The minimum atomic E-state index is 0.569. The van der Waals surface area contributed by atoms with E-state index in [0.717, 1.165) is 40.3 Å². The third-order valence-electron chi connectivity index (χ3n) is 4.36. The quantitative estimate of drug-likeness (QED) is 0.410. The fraction of sp³-hybridized carbons (Fsp3) is 0.217. The predicted molar refractivity (Wildman–Crippen MR) is 117 cm³/mol. The Hall–Kier alpha value is -1.81. The Bertz CT molecular complexity index is 863. The van der Waals surface area contributed by atoms with Crippen LogP contribution in [0.1, 0.15) is 22.3 Å². The summed E-state index contributed by atoms with van der Waals surface area (Å²) >= 11 is 9.49. The van der Waals surface area contributed by atoms with Gasteiger partial charge < -0.3 is 10.1 Å². The number of aryl methyl sites for hydroxylation is 1. The zero-order valence-corrected chi connectivity index (χ0v) is 17.7. The molecule has 0 aliphatic rings. The lowest BCUT2D eigenvalue weighted by atomic mass is 10.1. The fourth-order valence-corrected chi connectivity index (χ4v) is 3.31. The zero-order chi connectivity index (χ0) is 19.1. The summed E-state index contributed by atoms with van der Waals surface area (Å²) in [5, 5.41) is 4.28. The van der Waals surface area contributed by atoms with Gasteiger partial charge in [-0.25, -0.2) is 0 Å². The van der Waals surface area contributed by atoms with Gasteiger partial charge in [0.1, 0.15) is 12.4 Å². The van der Waals surface area contributed by atoms with Gasteiger partial charge in [0, 0.05) is 21.6 Å². The van der Waals surface area contributed by atoms with Crippen molar-refractivity contribution in [1.82, 2.24) is 5.32 Å². The molecule has 3 aromatic rings. The topological polar surface area (TPSA) is 21.3 Å². The van der Waals surface area contributed by atoms with Crippen molar-refractivity contribution in [3.05, 3.63) is 98.5 Å². The first-order chi connectivity index (χ1) is 13.1. The average molecular weight is 445 g/mol. The maximum Gasteiger partial charge on any atom is 0.124 e. The van der Waals surface area contributed by atoms with Gasteiger partial charge in [-0.2, -0.15) is 0 Å². The molecule has 4 heteroatoms. The standard InChI is InChI=1S/C23H23BrClNO/c1-17-2-4-19(5-3-17)16-27-23-11-8-21(24)14-20(23)15-26-13-12-18-6-9-22(25)10-7-18/h2-11,14,26H,12-13,15-16H2,1H3. The molecule has 0 amide bonds. The van der Waals surface area contributed by atoms with E-state index in [0.29, 0.717) is 6.61 Å². The predicted octanol–water partition coefficient (Wildman–Crippen LogP) is 6.32. The van der Waals surface area contributed by atoms with Crippen LogP contribution in [0.4, 0.5) is 0 Å². The van der Waals surface area contributed by atoms with E-state index in [2.05, 4.69) is 70.6 Å². The van der Waals surface area contributed by atoms with Crippen molar-refractivity contribution in [2.45, 2.75) is 26.5 Å². The molecule has 0 heterocycles. The lowest BCUT2D eigenvalue weighted by Gasteiger charge is -2.13. The Labute approximate surface area is 174 Å². The third-order valence-corrected chi connectivity index (χ3v) is 5.10. The average Bonchev–Trinajstić information content (AvgIpc) is 2.67. The molecule has 3 rings (SSSR count). The molecule has 1 N–H and O–H groups in total. The fourth-order valence-electron chi connectivity index (χ4n) is 2.78. The van der Waals surface area contributed by atoms with E-state index >= 15 is 0 Å². The second-order valence-electron chi connectivity index (χ2n) is 6.58. The number of benzene rings is 3. The van der Waals surface area contributed by atoms with Crippen LogP contribution in [0.2, 0.25) is 5.02 Å². The van der Waals surface area contributed by atoms with Gasteiger partial charge in [0.15, 0.2) is 0 Å². The van der Waals surface area contributed by atoms with Gasteiger partial charge in [0.2, 0.25) is 0 Å². The van der Waals surface area contributed by atoms with Crippen molar-refractivity contribution < 1.29 is 4.74 Å². The van der Waals surface area contributed by atoms with E-state index in [1.807, 2.05) is 24.3 Å². The van der Waals surface area contributed by atoms with Gasteiger partial charge in [-0.15, -0.1) is 0 Å². The van der Waals surface area contributed by atoms with Crippen LogP contribution in [0.3, 0.4) is 0 Å². The number of halogens is 2. The Morgan fingerprint density at radius 1 is 0.926 bits per heavy atom. The Morgan fingerprint density at radius 2 is 1.63 bits per heavy atom. The highest BCUT2D eigenvalue weighted by molar-refractivity contribution is 9.10. The monoisotopic (exact) mass is 443 g/mol. The SMILES string of the molecule is Cc1ccc(COc2ccc(Br)cc2CNCCc2ccc(Cl)cc2)cc1. The Kier molecular flexibility index (Phi) is 7.33. The van der Waals surface area contributed by atoms with Crippen molar-refractivity contribution in [1.29, 1.82) is 0 Å². The minimum Gasteiger partial charge on any atom is -0.489 e. The maximum atomic E-state index is 6.07. The van der Waals surface area contributed by atoms with Crippen LogP contribution in [0.25, 0.3) is 0 Å². The van der Waals surface area contributed by atoms with Crippen LogP contribution < -0.4 is 10.1 Å². The molecular weight excluding hydrogens is 422 g/mol. The van der Waals surface area contributed by atoms with E-state index in [4.69, 9.17) is 16.3 Å². The molecule has 27 heavy (non-hydrogen) atoms. The first-order valence-corrected chi connectivity index (χ1v) is 10.2. The minimum absolute atomic E-state index is 0.569. The molecule has 0 bridgehead atoms. The van der Waals surface area contributed by atoms with Crippen LogP contribution in [-0.4, -0.2) is 6.54 Å². The number of hydrogen-bond acceptors (Lipinski definition) is 2. The van der Waals surface area contributed by atoms with Crippen LogP contribution in [-0.2, 0) is 19.6 Å². The van der Waals surface area contributed by atoms with E-state index in [9.17, 15) is 0 Å². The van der Waals surface area contributed by atoms with Gasteiger partial charge in [0.05, 0.1) is 0 Å². The highest BCUT2D eigenvalue weighted by atomic mass is 79.9. The summed E-state index contributed by atoms with van der Waals surface area (Å²) in [6, 6.07) is 22.6. The zero-order valence-electron chi connectivity index (χ0n) is 15.3. The normalized spacial score (nSPS) is 10.8. The second kappa shape index (κ2) is 9.93. The summed E-state index contributed by atoms with van der Waals surface area (Å²) in [4.78, 5) is 0. The Balaban J connectivity index is 1.55. The number of ether oxygens (including phenoxy) is 1. The maximum absolute atomic E-state index is 6.07. The molecule has 3 aromatic carbocycles. The van der Waals surface area contributed by atoms with Gasteiger partial charge in [-0.05, 0) is 61.3 Å². The highest BCUT2D eigenvalue weighted by Gasteiger charge is 2.06.